The number of halogens is 1. The number of aromatic nitrogens is 2. The first kappa shape index (κ1) is 14.1. The molecule has 0 saturated carbocycles. The molecular weight excluding hydrogens is 264 g/mol. The van der Waals surface area contributed by atoms with Crippen LogP contribution >= 0.6 is 11.6 Å². The zero-order valence-corrected chi connectivity index (χ0v) is 11.8. The fraction of sp³-hybridized carbons (Fsp3) is 0.357. The second-order valence-corrected chi connectivity index (χ2v) is 4.34. The van der Waals surface area contributed by atoms with Crippen molar-refractivity contribution in [3.8, 4) is 11.3 Å². The molecule has 2 aromatic rings. The molecule has 0 saturated heterocycles. The predicted octanol–water partition coefficient (Wildman–Crippen LogP) is 3.80. The van der Waals surface area contributed by atoms with Crippen LogP contribution in [-0.2, 0) is 9.47 Å². The highest BCUT2D eigenvalue weighted by molar-refractivity contribution is 6.33. The summed E-state index contributed by atoms with van der Waals surface area (Å²) in [5.74, 6) is 0. The van der Waals surface area contributed by atoms with E-state index in [0.29, 0.717) is 18.2 Å². The Bertz CT molecular complexity index is 522. The molecule has 1 aromatic carbocycles. The summed E-state index contributed by atoms with van der Waals surface area (Å²) in [4.78, 5) is 0. The summed E-state index contributed by atoms with van der Waals surface area (Å²) in [5, 5.41) is 7.88. The summed E-state index contributed by atoms with van der Waals surface area (Å²) >= 11 is 6.15. The molecule has 19 heavy (non-hydrogen) atoms. The highest BCUT2D eigenvalue weighted by Gasteiger charge is 2.16. The molecule has 1 aromatic heterocycles. The molecule has 0 fully saturated rings. The lowest BCUT2D eigenvalue weighted by atomic mass is 10.1. The summed E-state index contributed by atoms with van der Waals surface area (Å²) in [6, 6.07) is 9.49. The molecule has 1 heterocycles. The van der Waals surface area contributed by atoms with E-state index in [0.717, 1.165) is 17.0 Å². The van der Waals surface area contributed by atoms with Crippen molar-refractivity contribution in [3.05, 3.63) is 41.0 Å². The van der Waals surface area contributed by atoms with Crippen LogP contribution in [0.3, 0.4) is 0 Å². The number of nitrogens with one attached hydrogen (secondary N) is 1. The fourth-order valence-corrected chi connectivity index (χ4v) is 2.03. The Kier molecular flexibility index (Phi) is 4.96. The Hall–Kier alpha value is -1.36. The maximum Gasteiger partial charge on any atom is 0.200 e. The van der Waals surface area contributed by atoms with Crippen molar-refractivity contribution in [2.45, 2.75) is 20.1 Å². The van der Waals surface area contributed by atoms with Crippen molar-refractivity contribution in [3.63, 3.8) is 0 Å². The average molecular weight is 281 g/mol. The summed E-state index contributed by atoms with van der Waals surface area (Å²) in [6.45, 7) is 5.00. The molecule has 0 radical (unpaired) electrons. The number of ether oxygens (including phenoxy) is 2. The number of hydrogen-bond acceptors (Lipinski definition) is 3. The van der Waals surface area contributed by atoms with E-state index in [9.17, 15) is 0 Å². The summed E-state index contributed by atoms with van der Waals surface area (Å²) in [6.07, 6.45) is -0.418. The summed E-state index contributed by atoms with van der Waals surface area (Å²) in [7, 11) is 0. The van der Waals surface area contributed by atoms with E-state index in [1.807, 2.05) is 44.2 Å². The molecular formula is C14H17ClN2O2. The molecule has 0 unspecified atom stereocenters. The van der Waals surface area contributed by atoms with Crippen LogP contribution in [0.5, 0.6) is 0 Å². The van der Waals surface area contributed by atoms with E-state index in [1.165, 1.54) is 0 Å². The van der Waals surface area contributed by atoms with E-state index in [-0.39, 0.29) is 0 Å². The van der Waals surface area contributed by atoms with Crippen molar-refractivity contribution >= 4 is 11.6 Å². The van der Waals surface area contributed by atoms with Crippen LogP contribution in [0.25, 0.3) is 11.3 Å². The normalized spacial score (nSPS) is 11.2. The quantitative estimate of drug-likeness (QED) is 0.819. The number of hydrogen-bond donors (Lipinski definition) is 1. The van der Waals surface area contributed by atoms with E-state index in [4.69, 9.17) is 21.1 Å². The molecule has 5 heteroatoms. The Morgan fingerprint density at radius 3 is 2.53 bits per heavy atom. The highest BCUT2D eigenvalue weighted by atomic mass is 35.5. The van der Waals surface area contributed by atoms with Gasteiger partial charge in [-0.15, -0.1) is 0 Å². The lowest BCUT2D eigenvalue weighted by molar-refractivity contribution is -0.142. The first-order chi connectivity index (χ1) is 9.26. The van der Waals surface area contributed by atoms with Gasteiger partial charge >= 0.3 is 0 Å². The van der Waals surface area contributed by atoms with Crippen molar-refractivity contribution in [2.75, 3.05) is 13.2 Å². The second kappa shape index (κ2) is 6.70. The lowest BCUT2D eigenvalue weighted by Crippen LogP contribution is -2.09. The molecule has 0 amide bonds. The monoisotopic (exact) mass is 280 g/mol. The Labute approximate surface area is 117 Å². The van der Waals surface area contributed by atoms with Gasteiger partial charge in [-0.2, -0.15) is 5.10 Å². The molecule has 0 spiro atoms. The van der Waals surface area contributed by atoms with Gasteiger partial charge in [0.05, 0.1) is 16.4 Å². The summed E-state index contributed by atoms with van der Waals surface area (Å²) in [5.41, 5.74) is 2.46. The second-order valence-electron chi connectivity index (χ2n) is 3.93. The highest BCUT2D eigenvalue weighted by Crippen LogP contribution is 2.28. The van der Waals surface area contributed by atoms with Gasteiger partial charge in [0.15, 0.2) is 6.29 Å². The Morgan fingerprint density at radius 1 is 1.21 bits per heavy atom. The minimum absolute atomic E-state index is 0.418. The zero-order chi connectivity index (χ0) is 13.7. The van der Waals surface area contributed by atoms with Crippen LogP contribution in [0.15, 0.2) is 30.3 Å². The van der Waals surface area contributed by atoms with Crippen molar-refractivity contribution in [1.82, 2.24) is 10.2 Å². The SMILES string of the molecule is CCOC(OCC)c1cc(-c2ccccc2Cl)n[nH]1. The molecule has 0 aliphatic rings. The van der Waals surface area contributed by atoms with Gasteiger partial charge in [-0.05, 0) is 26.0 Å². The van der Waals surface area contributed by atoms with E-state index in [1.54, 1.807) is 0 Å². The first-order valence-electron chi connectivity index (χ1n) is 6.29. The van der Waals surface area contributed by atoms with Gasteiger partial charge in [-0.1, -0.05) is 29.8 Å². The van der Waals surface area contributed by atoms with Gasteiger partial charge in [-0.3, -0.25) is 5.10 Å². The van der Waals surface area contributed by atoms with Gasteiger partial charge in [0.2, 0.25) is 0 Å². The Morgan fingerprint density at radius 2 is 1.89 bits per heavy atom. The predicted molar refractivity (Wildman–Crippen MR) is 75.0 cm³/mol. The number of H-pyrrole nitrogens is 1. The van der Waals surface area contributed by atoms with Gasteiger partial charge < -0.3 is 9.47 Å². The largest absolute Gasteiger partial charge is 0.347 e. The molecule has 0 aliphatic heterocycles. The van der Waals surface area contributed by atoms with Crippen molar-refractivity contribution in [1.29, 1.82) is 0 Å². The van der Waals surface area contributed by atoms with Crippen molar-refractivity contribution in [2.24, 2.45) is 0 Å². The molecule has 0 aliphatic carbocycles. The zero-order valence-electron chi connectivity index (χ0n) is 11.0. The van der Waals surface area contributed by atoms with Crippen molar-refractivity contribution < 1.29 is 9.47 Å². The average Bonchev–Trinajstić information content (AvgIpc) is 2.88. The first-order valence-corrected chi connectivity index (χ1v) is 6.67. The minimum atomic E-state index is -0.418. The van der Waals surface area contributed by atoms with E-state index >= 15 is 0 Å². The fourth-order valence-electron chi connectivity index (χ4n) is 1.79. The van der Waals surface area contributed by atoms with Crippen LogP contribution in [0, 0.1) is 0 Å². The number of benzene rings is 1. The molecule has 1 N–H and O–H groups in total. The smallest absolute Gasteiger partial charge is 0.200 e. The third-order valence-corrected chi connectivity index (χ3v) is 2.97. The molecule has 2 rings (SSSR count). The molecule has 0 bridgehead atoms. The van der Waals surface area contributed by atoms with Crippen LogP contribution in [0.4, 0.5) is 0 Å². The maximum absolute atomic E-state index is 6.15. The maximum atomic E-state index is 6.15. The van der Waals surface area contributed by atoms with Crippen LogP contribution < -0.4 is 0 Å². The van der Waals surface area contributed by atoms with Gasteiger partial charge in [0, 0.05) is 18.8 Å². The summed E-state index contributed by atoms with van der Waals surface area (Å²) < 4.78 is 11.0. The third-order valence-electron chi connectivity index (χ3n) is 2.64. The topological polar surface area (TPSA) is 47.1 Å². The molecule has 0 atom stereocenters. The van der Waals surface area contributed by atoms with E-state index in [2.05, 4.69) is 10.2 Å². The molecule has 102 valence electrons. The molecule has 4 nitrogen and oxygen atoms in total. The van der Waals surface area contributed by atoms with Crippen LogP contribution in [0.2, 0.25) is 5.02 Å². The standard InChI is InChI=1S/C14H17ClN2O2/c1-3-18-14(19-4-2)13-9-12(16-17-13)10-7-5-6-8-11(10)15/h5-9,14H,3-4H2,1-2H3,(H,16,17). The number of aromatic amines is 1. The van der Waals surface area contributed by atoms with Gasteiger partial charge in [0.25, 0.3) is 0 Å². The Balaban J connectivity index is 2.25. The minimum Gasteiger partial charge on any atom is -0.347 e. The van der Waals surface area contributed by atoms with Gasteiger partial charge in [-0.25, -0.2) is 0 Å². The number of nitrogens with zero attached hydrogens (tertiary/aromatic N) is 1. The lowest BCUT2D eigenvalue weighted by Gasteiger charge is -2.14. The van der Waals surface area contributed by atoms with E-state index < -0.39 is 6.29 Å². The van der Waals surface area contributed by atoms with Gasteiger partial charge in [0.1, 0.15) is 0 Å². The number of rotatable bonds is 6. The van der Waals surface area contributed by atoms with Crippen LogP contribution in [-0.4, -0.2) is 23.4 Å². The third kappa shape index (κ3) is 3.35. The van der Waals surface area contributed by atoms with Crippen LogP contribution in [0.1, 0.15) is 25.8 Å².